The van der Waals surface area contributed by atoms with Gasteiger partial charge in [0.15, 0.2) is 11.6 Å². The molecule has 2 aromatic heterocycles. The largest absolute Gasteiger partial charge is 0.497 e. The second kappa shape index (κ2) is 13.8. The van der Waals surface area contributed by atoms with Gasteiger partial charge in [-0.25, -0.2) is 4.98 Å². The first-order valence-electron chi connectivity index (χ1n) is 12.8. The van der Waals surface area contributed by atoms with Gasteiger partial charge in [-0.3, -0.25) is 14.7 Å². The molecule has 5 rings (SSSR count). The number of aromatic nitrogens is 3. The molecule has 10 heteroatoms. The van der Waals surface area contributed by atoms with Crippen LogP contribution in [0.25, 0.3) is 10.9 Å². The maximum Gasteiger partial charge on any atom is 0.272 e. The van der Waals surface area contributed by atoms with Gasteiger partial charge in [-0.1, -0.05) is 26.0 Å². The highest BCUT2D eigenvalue weighted by Gasteiger charge is 2.29. The molecule has 1 fully saturated rings. The zero-order valence-corrected chi connectivity index (χ0v) is 23.2. The first-order chi connectivity index (χ1) is 18.9. The van der Waals surface area contributed by atoms with Crippen molar-refractivity contribution in [2.24, 2.45) is 5.92 Å². The molecule has 0 radical (unpaired) electrons. The number of hydrogen-bond donors (Lipinski definition) is 3. The summed E-state index contributed by atoms with van der Waals surface area (Å²) in [5.74, 6) is 2.20. The van der Waals surface area contributed by atoms with Gasteiger partial charge in [-0.2, -0.15) is 5.10 Å². The number of methoxy groups -OCH3 is 2. The maximum absolute atomic E-state index is 12.1. The molecule has 1 saturated carbocycles. The molecule has 2 amide bonds. The molecule has 10 nitrogen and oxygen atoms in total. The fourth-order valence-electron chi connectivity index (χ4n) is 3.50. The summed E-state index contributed by atoms with van der Waals surface area (Å²) in [6.45, 7) is 4.00. The number of carbonyl (C=O) groups is 2. The van der Waals surface area contributed by atoms with Gasteiger partial charge in [0.2, 0.25) is 5.91 Å². The summed E-state index contributed by atoms with van der Waals surface area (Å²) in [4.78, 5) is 29.1. The van der Waals surface area contributed by atoms with Crippen molar-refractivity contribution in [3.63, 3.8) is 0 Å². The number of anilines is 3. The molecule has 0 saturated heterocycles. The van der Waals surface area contributed by atoms with Crippen LogP contribution in [-0.4, -0.2) is 60.2 Å². The average Bonchev–Trinajstić information content (AvgIpc) is 3.76. The molecule has 0 unspecified atom stereocenters. The van der Waals surface area contributed by atoms with Crippen molar-refractivity contribution < 1.29 is 19.1 Å². The number of carbonyl (C=O) groups excluding carboxylic acids is 2. The standard InChI is InChI=1S/C16H17N5O2.C11H13NO2.C2H6/c1-21(2)16(22)13-8-12(14(23-3)9-17-13)18-15-10-6-4-5-7-11(10)19-20-15;1-14-10-6-4-9(5-7-10)12-11(13)8-2-3-8;1-2/h4-9H,1-3H3,(H2,17,18,19,20);4-8H,2-3H2,1H3,(H,12,13);1-2H3. The average molecular weight is 533 g/mol. The number of benzene rings is 2. The fraction of sp³-hybridized carbons (Fsp3) is 0.310. The third-order valence-corrected chi connectivity index (χ3v) is 5.74. The second-order valence-corrected chi connectivity index (χ2v) is 8.70. The molecular formula is C29H36N6O4. The van der Waals surface area contributed by atoms with E-state index in [2.05, 4.69) is 25.8 Å². The summed E-state index contributed by atoms with van der Waals surface area (Å²) in [7, 11) is 6.54. The molecule has 3 N–H and O–H groups in total. The summed E-state index contributed by atoms with van der Waals surface area (Å²) < 4.78 is 10.3. The lowest BCUT2D eigenvalue weighted by Crippen LogP contribution is -2.22. The van der Waals surface area contributed by atoms with E-state index < -0.39 is 0 Å². The van der Waals surface area contributed by atoms with Crippen LogP contribution in [0.5, 0.6) is 11.5 Å². The SMILES string of the molecule is CC.COc1ccc(NC(=O)C2CC2)cc1.COc1cnc(C(=O)N(C)C)cc1Nc1n[nH]c2ccccc12. The monoisotopic (exact) mass is 532 g/mol. The van der Waals surface area contributed by atoms with Gasteiger partial charge in [-0.15, -0.1) is 0 Å². The van der Waals surface area contributed by atoms with E-state index in [1.54, 1.807) is 34.4 Å². The maximum atomic E-state index is 12.1. The summed E-state index contributed by atoms with van der Waals surface area (Å²) in [5.41, 5.74) is 2.72. The predicted octanol–water partition coefficient (Wildman–Crippen LogP) is 5.48. The van der Waals surface area contributed by atoms with Crippen molar-refractivity contribution in [3.8, 4) is 11.5 Å². The minimum atomic E-state index is -0.178. The van der Waals surface area contributed by atoms with E-state index in [-0.39, 0.29) is 17.7 Å². The number of ether oxygens (including phenoxy) is 2. The third kappa shape index (κ3) is 7.70. The van der Waals surface area contributed by atoms with E-state index in [0.29, 0.717) is 22.9 Å². The van der Waals surface area contributed by atoms with Crippen LogP contribution in [0.2, 0.25) is 0 Å². The van der Waals surface area contributed by atoms with Gasteiger partial charge in [0.1, 0.15) is 11.4 Å². The summed E-state index contributed by atoms with van der Waals surface area (Å²) in [5, 5.41) is 14.2. The lowest BCUT2D eigenvalue weighted by Gasteiger charge is -2.13. The predicted molar refractivity (Wildman–Crippen MR) is 154 cm³/mol. The zero-order chi connectivity index (χ0) is 28.4. The number of pyridine rings is 1. The first kappa shape index (κ1) is 29.0. The van der Waals surface area contributed by atoms with E-state index >= 15 is 0 Å². The Balaban J connectivity index is 0.000000224. The Morgan fingerprint density at radius 2 is 1.69 bits per heavy atom. The van der Waals surface area contributed by atoms with E-state index in [4.69, 9.17) is 9.47 Å². The molecule has 0 atom stereocenters. The molecule has 2 aromatic carbocycles. The Bertz CT molecular complexity index is 1380. The molecular weight excluding hydrogens is 496 g/mol. The summed E-state index contributed by atoms with van der Waals surface area (Å²) in [6.07, 6.45) is 3.58. The van der Waals surface area contributed by atoms with E-state index in [1.807, 2.05) is 62.4 Å². The molecule has 1 aliphatic carbocycles. The molecule has 39 heavy (non-hydrogen) atoms. The Hall–Kier alpha value is -4.60. The van der Waals surface area contributed by atoms with Gasteiger partial charge in [0.25, 0.3) is 5.91 Å². The van der Waals surface area contributed by atoms with Crippen LogP contribution >= 0.6 is 0 Å². The molecule has 0 aliphatic heterocycles. The molecule has 2 heterocycles. The molecule has 1 aliphatic rings. The minimum Gasteiger partial charge on any atom is -0.497 e. The second-order valence-electron chi connectivity index (χ2n) is 8.70. The van der Waals surface area contributed by atoms with E-state index in [0.717, 1.165) is 35.2 Å². The van der Waals surface area contributed by atoms with Crippen LogP contribution < -0.4 is 20.1 Å². The number of nitrogens with zero attached hydrogens (tertiary/aromatic N) is 3. The highest BCUT2D eigenvalue weighted by Crippen LogP contribution is 2.31. The topological polar surface area (TPSA) is 121 Å². The van der Waals surface area contributed by atoms with Crippen molar-refractivity contribution in [1.82, 2.24) is 20.1 Å². The van der Waals surface area contributed by atoms with Gasteiger partial charge in [0, 0.05) is 31.1 Å². The van der Waals surface area contributed by atoms with Crippen molar-refractivity contribution in [3.05, 3.63) is 66.5 Å². The fourth-order valence-corrected chi connectivity index (χ4v) is 3.50. The van der Waals surface area contributed by atoms with Crippen LogP contribution in [0.3, 0.4) is 0 Å². The number of rotatable bonds is 7. The van der Waals surface area contributed by atoms with Gasteiger partial charge in [0.05, 0.1) is 31.6 Å². The quantitative estimate of drug-likeness (QED) is 0.288. The number of aromatic amines is 1. The van der Waals surface area contributed by atoms with Crippen LogP contribution in [0, 0.1) is 5.92 Å². The van der Waals surface area contributed by atoms with Crippen LogP contribution in [-0.2, 0) is 4.79 Å². The van der Waals surface area contributed by atoms with Crippen molar-refractivity contribution in [2.45, 2.75) is 26.7 Å². The van der Waals surface area contributed by atoms with Crippen molar-refractivity contribution >= 4 is 39.9 Å². The number of hydrogen-bond acceptors (Lipinski definition) is 7. The normalized spacial score (nSPS) is 11.7. The van der Waals surface area contributed by atoms with E-state index in [1.165, 1.54) is 11.1 Å². The molecule has 0 bridgehead atoms. The van der Waals surface area contributed by atoms with Crippen LogP contribution in [0.4, 0.5) is 17.2 Å². The van der Waals surface area contributed by atoms with Crippen LogP contribution in [0.15, 0.2) is 60.8 Å². The number of amides is 2. The first-order valence-corrected chi connectivity index (χ1v) is 12.8. The van der Waals surface area contributed by atoms with Gasteiger partial charge in [-0.05, 0) is 55.3 Å². The Labute approximate surface area is 228 Å². The number of nitrogens with one attached hydrogen (secondary N) is 3. The summed E-state index contributed by atoms with van der Waals surface area (Å²) in [6, 6.07) is 16.8. The number of H-pyrrole nitrogens is 1. The molecule has 0 spiro atoms. The Morgan fingerprint density at radius 3 is 2.31 bits per heavy atom. The van der Waals surface area contributed by atoms with Crippen molar-refractivity contribution in [1.29, 1.82) is 0 Å². The molecule has 206 valence electrons. The highest BCUT2D eigenvalue weighted by atomic mass is 16.5. The lowest BCUT2D eigenvalue weighted by molar-refractivity contribution is -0.117. The third-order valence-electron chi connectivity index (χ3n) is 5.74. The van der Waals surface area contributed by atoms with E-state index in [9.17, 15) is 9.59 Å². The zero-order valence-electron chi connectivity index (χ0n) is 23.2. The van der Waals surface area contributed by atoms with Crippen LogP contribution in [0.1, 0.15) is 37.2 Å². The Morgan fingerprint density at radius 1 is 1.00 bits per heavy atom. The number of para-hydroxylation sites is 1. The van der Waals surface area contributed by atoms with Gasteiger partial charge < -0.3 is 25.0 Å². The lowest BCUT2D eigenvalue weighted by atomic mass is 10.2. The Kier molecular flexibility index (Phi) is 10.3. The van der Waals surface area contributed by atoms with Gasteiger partial charge >= 0.3 is 0 Å². The smallest absolute Gasteiger partial charge is 0.272 e. The highest BCUT2D eigenvalue weighted by molar-refractivity contribution is 5.95. The van der Waals surface area contributed by atoms with Crippen molar-refractivity contribution in [2.75, 3.05) is 38.9 Å². The minimum absolute atomic E-state index is 0.134. The number of fused-ring (bicyclic) bond motifs is 1. The summed E-state index contributed by atoms with van der Waals surface area (Å²) >= 11 is 0. The molecule has 4 aromatic rings.